The van der Waals surface area contributed by atoms with E-state index in [-0.39, 0.29) is 6.03 Å². The van der Waals surface area contributed by atoms with Crippen LogP contribution < -0.4 is 5.32 Å². The molecule has 0 bridgehead atoms. The van der Waals surface area contributed by atoms with Crippen molar-refractivity contribution in [1.29, 1.82) is 0 Å². The van der Waals surface area contributed by atoms with Crippen molar-refractivity contribution >= 4 is 46.7 Å². The molecule has 0 saturated heterocycles. The van der Waals surface area contributed by atoms with Gasteiger partial charge in [-0.05, 0) is 66.2 Å². The normalized spacial score (nSPS) is 10.8. The number of anilines is 1. The minimum atomic E-state index is -0.347. The lowest BCUT2D eigenvalue weighted by atomic mass is 10.0. The van der Waals surface area contributed by atoms with Gasteiger partial charge in [-0.25, -0.2) is 4.79 Å². The van der Waals surface area contributed by atoms with E-state index in [2.05, 4.69) is 10.4 Å². The average Bonchev–Trinajstić information content (AvgIpc) is 3.33. The number of halogens is 2. The van der Waals surface area contributed by atoms with Gasteiger partial charge in [0, 0.05) is 42.8 Å². The van der Waals surface area contributed by atoms with Crippen molar-refractivity contribution in [3.8, 4) is 22.4 Å². The van der Waals surface area contributed by atoms with Crippen molar-refractivity contribution < 1.29 is 4.79 Å². The molecule has 0 saturated carbocycles. The van der Waals surface area contributed by atoms with E-state index in [0.29, 0.717) is 21.4 Å². The summed E-state index contributed by atoms with van der Waals surface area (Å²) in [7, 11) is 0. The third-order valence-electron chi connectivity index (χ3n) is 5.28. The summed E-state index contributed by atoms with van der Waals surface area (Å²) in [5.41, 5.74) is 4.10. The Kier molecular flexibility index (Phi) is 6.91. The molecule has 0 atom stereocenters. The van der Waals surface area contributed by atoms with E-state index in [9.17, 15) is 4.79 Å². The number of amides is 1. The molecule has 1 aromatic heterocycles. The lowest BCUT2D eigenvalue weighted by molar-refractivity contribution is 0.251. The molecule has 0 fully saturated rings. The Morgan fingerprint density at radius 2 is 1.29 bits per heavy atom. The lowest BCUT2D eigenvalue weighted by Crippen LogP contribution is -2.19. The number of rotatable bonds is 5. The van der Waals surface area contributed by atoms with Crippen LogP contribution in [0.1, 0.15) is 0 Å². The number of carbonyl (C=O) groups excluding carboxylic acids is 1. The smallest absolute Gasteiger partial charge is 0.306 e. The molecule has 5 aromatic rings. The van der Waals surface area contributed by atoms with Gasteiger partial charge in [-0.2, -0.15) is 9.78 Å². The van der Waals surface area contributed by atoms with E-state index in [1.807, 2.05) is 103 Å². The highest BCUT2D eigenvalue weighted by Gasteiger charge is 2.17. The van der Waals surface area contributed by atoms with Crippen molar-refractivity contribution in [3.63, 3.8) is 0 Å². The Morgan fingerprint density at radius 3 is 1.91 bits per heavy atom. The molecule has 1 heterocycles. The Morgan fingerprint density at radius 1 is 0.714 bits per heavy atom. The van der Waals surface area contributed by atoms with Crippen LogP contribution in [-0.4, -0.2) is 15.8 Å². The van der Waals surface area contributed by atoms with Crippen LogP contribution in [0.2, 0.25) is 10.0 Å². The molecule has 35 heavy (non-hydrogen) atoms. The van der Waals surface area contributed by atoms with Gasteiger partial charge < -0.3 is 5.32 Å². The monoisotopic (exact) mass is 515 g/mol. The second-order valence-corrected chi connectivity index (χ2v) is 9.74. The SMILES string of the molecule is O=C(Nc1ccc(Sc2ccc(Cl)cc2)cc1)n1cc(-c2ccccc2)c(-c2ccc(Cl)cc2)n1. The van der Waals surface area contributed by atoms with Crippen LogP contribution in [0.15, 0.2) is 119 Å². The lowest BCUT2D eigenvalue weighted by Gasteiger charge is -2.06. The second-order valence-electron chi connectivity index (χ2n) is 7.72. The van der Waals surface area contributed by atoms with Gasteiger partial charge in [0.05, 0.1) is 0 Å². The summed E-state index contributed by atoms with van der Waals surface area (Å²) in [6, 6.07) is 32.3. The molecule has 1 amide bonds. The Balaban J connectivity index is 1.37. The molecular weight excluding hydrogens is 497 g/mol. The summed E-state index contributed by atoms with van der Waals surface area (Å²) in [6.45, 7) is 0. The van der Waals surface area contributed by atoms with Crippen molar-refractivity contribution in [3.05, 3.63) is 119 Å². The molecule has 0 radical (unpaired) electrons. The van der Waals surface area contributed by atoms with Crippen LogP contribution in [0.3, 0.4) is 0 Å². The van der Waals surface area contributed by atoms with Crippen LogP contribution >= 0.6 is 35.0 Å². The summed E-state index contributed by atoms with van der Waals surface area (Å²) < 4.78 is 1.34. The maximum absolute atomic E-state index is 13.1. The van der Waals surface area contributed by atoms with Crippen LogP contribution in [0.5, 0.6) is 0 Å². The predicted octanol–water partition coefficient (Wildman–Crippen LogP) is 8.76. The molecule has 5 rings (SSSR count). The Hall–Kier alpha value is -3.51. The standard InChI is InChI=1S/C28H19Cl2N3OS/c29-21-8-6-20(7-9-21)27-26(19-4-2-1-3-5-19)18-33(32-27)28(34)31-23-12-16-25(17-13-23)35-24-14-10-22(30)11-15-24/h1-18H,(H,31,34). The highest BCUT2D eigenvalue weighted by atomic mass is 35.5. The molecule has 4 nitrogen and oxygen atoms in total. The molecule has 4 aromatic carbocycles. The maximum Gasteiger partial charge on any atom is 0.346 e. The number of nitrogens with one attached hydrogen (secondary N) is 1. The van der Waals surface area contributed by atoms with Crippen molar-refractivity contribution in [1.82, 2.24) is 9.78 Å². The second kappa shape index (κ2) is 10.4. The molecule has 7 heteroatoms. The van der Waals surface area contributed by atoms with Gasteiger partial charge in [0.25, 0.3) is 0 Å². The number of hydrogen-bond donors (Lipinski definition) is 1. The molecular formula is C28H19Cl2N3OS. The highest BCUT2D eigenvalue weighted by Crippen LogP contribution is 2.32. The number of aromatic nitrogens is 2. The fraction of sp³-hybridized carbons (Fsp3) is 0. The van der Waals surface area contributed by atoms with Gasteiger partial charge in [0.15, 0.2) is 0 Å². The van der Waals surface area contributed by atoms with Crippen molar-refractivity contribution in [2.45, 2.75) is 9.79 Å². The third kappa shape index (κ3) is 5.60. The summed E-state index contributed by atoms with van der Waals surface area (Å²) in [5, 5.41) is 8.89. The first kappa shape index (κ1) is 23.2. The van der Waals surface area contributed by atoms with Gasteiger partial charge in [-0.15, -0.1) is 0 Å². The van der Waals surface area contributed by atoms with Crippen molar-refractivity contribution in [2.24, 2.45) is 0 Å². The van der Waals surface area contributed by atoms with Crippen LogP contribution in [0.25, 0.3) is 22.4 Å². The fourth-order valence-electron chi connectivity index (χ4n) is 3.55. The van der Waals surface area contributed by atoms with E-state index in [4.69, 9.17) is 23.2 Å². The quantitative estimate of drug-likeness (QED) is 0.254. The molecule has 0 aliphatic carbocycles. The molecule has 1 N–H and O–H groups in total. The highest BCUT2D eigenvalue weighted by molar-refractivity contribution is 7.99. The van der Waals surface area contributed by atoms with Gasteiger partial charge in [-0.1, -0.05) is 77.4 Å². The third-order valence-corrected chi connectivity index (χ3v) is 6.80. The first-order chi connectivity index (χ1) is 17.0. The maximum atomic E-state index is 13.1. The van der Waals surface area contributed by atoms with Gasteiger partial charge in [0.2, 0.25) is 0 Å². The molecule has 0 aliphatic rings. The minimum absolute atomic E-state index is 0.347. The topological polar surface area (TPSA) is 46.9 Å². The summed E-state index contributed by atoms with van der Waals surface area (Å²) in [5.74, 6) is 0. The van der Waals surface area contributed by atoms with Gasteiger partial charge in [0.1, 0.15) is 5.69 Å². The van der Waals surface area contributed by atoms with Crippen molar-refractivity contribution in [2.75, 3.05) is 5.32 Å². The van der Waals surface area contributed by atoms with Gasteiger partial charge >= 0.3 is 6.03 Å². The van der Waals surface area contributed by atoms with E-state index in [1.54, 1.807) is 18.0 Å². The van der Waals surface area contributed by atoms with E-state index in [0.717, 1.165) is 26.5 Å². The van der Waals surface area contributed by atoms with Crippen LogP contribution in [-0.2, 0) is 0 Å². The summed E-state index contributed by atoms with van der Waals surface area (Å²) >= 11 is 13.7. The van der Waals surface area contributed by atoms with E-state index in [1.165, 1.54) is 4.68 Å². The zero-order chi connectivity index (χ0) is 24.2. The summed E-state index contributed by atoms with van der Waals surface area (Å²) in [4.78, 5) is 15.2. The van der Waals surface area contributed by atoms with Crippen LogP contribution in [0, 0.1) is 0 Å². The average molecular weight is 516 g/mol. The minimum Gasteiger partial charge on any atom is -0.306 e. The molecule has 0 aliphatic heterocycles. The molecule has 0 spiro atoms. The number of carbonyl (C=O) groups is 1. The van der Waals surface area contributed by atoms with Crippen LogP contribution in [0.4, 0.5) is 10.5 Å². The zero-order valence-electron chi connectivity index (χ0n) is 18.4. The number of hydrogen-bond acceptors (Lipinski definition) is 3. The Bertz CT molecular complexity index is 1450. The zero-order valence-corrected chi connectivity index (χ0v) is 20.7. The predicted molar refractivity (Wildman–Crippen MR) is 145 cm³/mol. The van der Waals surface area contributed by atoms with E-state index < -0.39 is 0 Å². The fourth-order valence-corrected chi connectivity index (χ4v) is 4.62. The first-order valence-electron chi connectivity index (χ1n) is 10.8. The molecule has 172 valence electrons. The Labute approximate surface area is 217 Å². The largest absolute Gasteiger partial charge is 0.346 e. The number of nitrogens with zero attached hydrogens (tertiary/aromatic N) is 2. The summed E-state index contributed by atoms with van der Waals surface area (Å²) in [6.07, 6.45) is 1.75. The van der Waals surface area contributed by atoms with Gasteiger partial charge in [-0.3, -0.25) is 0 Å². The van der Waals surface area contributed by atoms with E-state index >= 15 is 0 Å². The molecule has 0 unspecified atom stereocenters. The number of benzene rings is 4. The first-order valence-corrected chi connectivity index (χ1v) is 12.4.